The van der Waals surface area contributed by atoms with Crippen molar-refractivity contribution in [1.82, 2.24) is 5.32 Å². The van der Waals surface area contributed by atoms with Crippen molar-refractivity contribution >= 4 is 23.2 Å². The summed E-state index contributed by atoms with van der Waals surface area (Å²) in [7, 11) is 0. The second-order valence-corrected chi connectivity index (χ2v) is 6.27. The minimum Gasteiger partial charge on any atom is -0.387 e. The largest absolute Gasteiger partial charge is 0.387 e. The van der Waals surface area contributed by atoms with Gasteiger partial charge in [-0.05, 0) is 43.9 Å². The minimum absolute atomic E-state index is 0.440. The number of hydrogen-bond acceptors (Lipinski definition) is 2. The molecular weight excluding hydrogens is 281 g/mol. The molecule has 2 unspecified atom stereocenters. The van der Waals surface area contributed by atoms with Gasteiger partial charge in [-0.3, -0.25) is 0 Å². The first-order chi connectivity index (χ1) is 9.08. The Morgan fingerprint density at radius 1 is 1.32 bits per heavy atom. The quantitative estimate of drug-likeness (QED) is 0.854. The van der Waals surface area contributed by atoms with E-state index >= 15 is 0 Å². The van der Waals surface area contributed by atoms with Crippen molar-refractivity contribution in [2.24, 2.45) is 5.92 Å². The number of halogens is 2. The number of aliphatic hydroxyl groups excluding tert-OH is 1. The molecule has 0 heterocycles. The third kappa shape index (κ3) is 4.09. The molecule has 2 N–H and O–H groups in total. The number of hydrogen-bond donors (Lipinski definition) is 2. The Balaban J connectivity index is 1.89. The first-order valence-electron chi connectivity index (χ1n) is 6.94. The van der Waals surface area contributed by atoms with E-state index in [0.717, 1.165) is 5.92 Å². The van der Waals surface area contributed by atoms with E-state index in [4.69, 9.17) is 23.2 Å². The zero-order valence-corrected chi connectivity index (χ0v) is 12.7. The van der Waals surface area contributed by atoms with Crippen molar-refractivity contribution in [3.63, 3.8) is 0 Å². The molecule has 1 saturated carbocycles. The van der Waals surface area contributed by atoms with Gasteiger partial charge in [0, 0.05) is 28.2 Å². The molecule has 0 bridgehead atoms. The monoisotopic (exact) mass is 301 g/mol. The molecule has 4 heteroatoms. The Morgan fingerprint density at radius 2 is 2.00 bits per heavy atom. The van der Waals surface area contributed by atoms with E-state index in [9.17, 15) is 5.11 Å². The molecule has 106 valence electrons. The molecule has 1 aromatic rings. The van der Waals surface area contributed by atoms with Gasteiger partial charge in [-0.2, -0.15) is 0 Å². The molecule has 0 aliphatic heterocycles. The van der Waals surface area contributed by atoms with Crippen LogP contribution in [0.5, 0.6) is 0 Å². The summed E-state index contributed by atoms with van der Waals surface area (Å²) >= 11 is 12.0. The van der Waals surface area contributed by atoms with Crippen LogP contribution in [0.1, 0.15) is 44.3 Å². The molecule has 0 radical (unpaired) electrons. The lowest BCUT2D eigenvalue weighted by atomic mass is 9.99. The van der Waals surface area contributed by atoms with Crippen LogP contribution in [0, 0.1) is 5.92 Å². The van der Waals surface area contributed by atoms with E-state index in [1.165, 1.54) is 25.7 Å². The van der Waals surface area contributed by atoms with Crippen LogP contribution >= 0.6 is 23.2 Å². The number of rotatable bonds is 5. The van der Waals surface area contributed by atoms with E-state index in [0.29, 0.717) is 28.2 Å². The highest BCUT2D eigenvalue weighted by atomic mass is 35.5. The Kier molecular flexibility index (Phi) is 5.52. The topological polar surface area (TPSA) is 32.3 Å². The third-order valence-corrected chi connectivity index (χ3v) is 4.64. The first kappa shape index (κ1) is 15.1. The van der Waals surface area contributed by atoms with Crippen LogP contribution in [0.4, 0.5) is 0 Å². The first-order valence-corrected chi connectivity index (χ1v) is 7.70. The molecule has 1 aliphatic carbocycles. The van der Waals surface area contributed by atoms with Crippen molar-refractivity contribution in [3.8, 4) is 0 Å². The SMILES string of the molecule is CC(NCC(O)c1cc(Cl)ccc1Cl)C1CCCC1. The summed E-state index contributed by atoms with van der Waals surface area (Å²) in [6.07, 6.45) is 4.64. The van der Waals surface area contributed by atoms with E-state index in [2.05, 4.69) is 12.2 Å². The van der Waals surface area contributed by atoms with Gasteiger partial charge in [-0.15, -0.1) is 0 Å². The highest BCUT2D eigenvalue weighted by Crippen LogP contribution is 2.29. The van der Waals surface area contributed by atoms with Gasteiger partial charge in [0.15, 0.2) is 0 Å². The Labute approximate surface area is 125 Å². The standard InChI is InChI=1S/C15H21Cl2NO/c1-10(11-4-2-3-5-11)18-9-15(19)13-8-12(16)6-7-14(13)17/h6-8,10-11,15,18-19H,2-5,9H2,1H3. The van der Waals surface area contributed by atoms with E-state index < -0.39 is 6.10 Å². The molecule has 2 nitrogen and oxygen atoms in total. The highest BCUT2D eigenvalue weighted by molar-refractivity contribution is 6.33. The lowest BCUT2D eigenvalue weighted by Gasteiger charge is -2.22. The average Bonchev–Trinajstić information content (AvgIpc) is 2.92. The molecule has 19 heavy (non-hydrogen) atoms. The van der Waals surface area contributed by atoms with E-state index in [1.807, 2.05) is 0 Å². The average molecular weight is 302 g/mol. The predicted molar refractivity (Wildman–Crippen MR) is 80.8 cm³/mol. The van der Waals surface area contributed by atoms with Gasteiger partial charge in [0.1, 0.15) is 0 Å². The molecule has 2 rings (SSSR count). The van der Waals surface area contributed by atoms with E-state index in [1.54, 1.807) is 18.2 Å². The summed E-state index contributed by atoms with van der Waals surface area (Å²) in [6.45, 7) is 2.71. The second kappa shape index (κ2) is 6.94. The summed E-state index contributed by atoms with van der Waals surface area (Å²) in [5.74, 6) is 0.738. The fourth-order valence-corrected chi connectivity index (χ4v) is 3.23. The van der Waals surface area contributed by atoms with Crippen molar-refractivity contribution in [2.75, 3.05) is 6.54 Å². The van der Waals surface area contributed by atoms with Crippen LogP contribution < -0.4 is 5.32 Å². The van der Waals surface area contributed by atoms with Gasteiger partial charge in [0.2, 0.25) is 0 Å². The van der Waals surface area contributed by atoms with Crippen LogP contribution in [0.15, 0.2) is 18.2 Å². The van der Waals surface area contributed by atoms with Crippen LogP contribution in [-0.4, -0.2) is 17.7 Å². The number of aliphatic hydroxyl groups is 1. The van der Waals surface area contributed by atoms with Crippen molar-refractivity contribution in [1.29, 1.82) is 0 Å². The fourth-order valence-electron chi connectivity index (χ4n) is 2.80. The lowest BCUT2D eigenvalue weighted by molar-refractivity contribution is 0.165. The number of benzene rings is 1. The van der Waals surface area contributed by atoms with Gasteiger partial charge < -0.3 is 10.4 Å². The molecule has 1 aromatic carbocycles. The zero-order valence-electron chi connectivity index (χ0n) is 11.2. The minimum atomic E-state index is -0.616. The van der Waals surface area contributed by atoms with Crippen LogP contribution in [0.2, 0.25) is 10.0 Å². The maximum atomic E-state index is 10.2. The van der Waals surface area contributed by atoms with Crippen molar-refractivity contribution in [3.05, 3.63) is 33.8 Å². The van der Waals surface area contributed by atoms with Crippen molar-refractivity contribution in [2.45, 2.75) is 44.8 Å². The summed E-state index contributed by atoms with van der Waals surface area (Å²) < 4.78 is 0. The molecule has 0 spiro atoms. The Morgan fingerprint density at radius 3 is 2.68 bits per heavy atom. The van der Waals surface area contributed by atoms with Crippen LogP contribution in [0.25, 0.3) is 0 Å². The van der Waals surface area contributed by atoms with Gasteiger partial charge in [-0.1, -0.05) is 36.0 Å². The van der Waals surface area contributed by atoms with Crippen molar-refractivity contribution < 1.29 is 5.11 Å². The smallest absolute Gasteiger partial charge is 0.0929 e. The molecule has 0 aromatic heterocycles. The highest BCUT2D eigenvalue weighted by Gasteiger charge is 2.22. The fraction of sp³-hybridized carbons (Fsp3) is 0.600. The van der Waals surface area contributed by atoms with Gasteiger partial charge in [0.05, 0.1) is 6.10 Å². The Hall–Kier alpha value is -0.280. The summed E-state index contributed by atoms with van der Waals surface area (Å²) in [4.78, 5) is 0. The molecule has 2 atom stereocenters. The summed E-state index contributed by atoms with van der Waals surface area (Å²) in [5, 5.41) is 14.8. The summed E-state index contributed by atoms with van der Waals surface area (Å²) in [5.41, 5.74) is 0.695. The predicted octanol–water partition coefficient (Wildman–Crippen LogP) is 4.20. The molecule has 1 aliphatic rings. The van der Waals surface area contributed by atoms with Gasteiger partial charge in [0.25, 0.3) is 0 Å². The maximum Gasteiger partial charge on any atom is 0.0929 e. The van der Waals surface area contributed by atoms with Gasteiger partial charge >= 0.3 is 0 Å². The zero-order chi connectivity index (χ0) is 13.8. The third-order valence-electron chi connectivity index (χ3n) is 4.06. The van der Waals surface area contributed by atoms with E-state index in [-0.39, 0.29) is 0 Å². The molecule has 0 saturated heterocycles. The van der Waals surface area contributed by atoms with Crippen LogP contribution in [-0.2, 0) is 0 Å². The summed E-state index contributed by atoms with van der Waals surface area (Å²) in [6, 6.07) is 5.63. The Bertz CT molecular complexity index is 419. The normalized spacial score (nSPS) is 19.6. The number of nitrogens with one attached hydrogen (secondary N) is 1. The van der Waals surface area contributed by atoms with Crippen LogP contribution in [0.3, 0.4) is 0 Å². The maximum absolute atomic E-state index is 10.2. The molecule has 0 amide bonds. The lowest BCUT2D eigenvalue weighted by Crippen LogP contribution is -2.35. The second-order valence-electron chi connectivity index (χ2n) is 5.42. The molecular formula is C15H21Cl2NO. The van der Waals surface area contributed by atoms with Gasteiger partial charge in [-0.25, -0.2) is 0 Å². The molecule has 1 fully saturated rings.